The van der Waals surface area contributed by atoms with Gasteiger partial charge >= 0.3 is 5.97 Å². The molecular formula is C22H20O3. The van der Waals surface area contributed by atoms with Crippen molar-refractivity contribution in [2.24, 2.45) is 5.92 Å². The quantitative estimate of drug-likeness (QED) is 0.478. The fourth-order valence-electron chi connectivity index (χ4n) is 2.93. The van der Waals surface area contributed by atoms with Crippen LogP contribution in [0, 0.1) is 5.92 Å². The van der Waals surface area contributed by atoms with Crippen LogP contribution in [-0.2, 0) is 27.4 Å². The third-order valence-corrected chi connectivity index (χ3v) is 4.23. The zero-order valence-corrected chi connectivity index (χ0v) is 13.9. The van der Waals surface area contributed by atoms with Crippen molar-refractivity contribution in [3.05, 3.63) is 83.9 Å². The molecule has 0 aliphatic heterocycles. The predicted molar refractivity (Wildman–Crippen MR) is 98.1 cm³/mol. The first-order chi connectivity index (χ1) is 12.3. The number of esters is 1. The van der Waals surface area contributed by atoms with E-state index in [0.29, 0.717) is 6.42 Å². The van der Waals surface area contributed by atoms with Crippen molar-refractivity contribution in [2.45, 2.75) is 19.4 Å². The molecular weight excluding hydrogens is 312 g/mol. The predicted octanol–water partition coefficient (Wildman–Crippen LogP) is 4.33. The van der Waals surface area contributed by atoms with Crippen molar-refractivity contribution in [1.29, 1.82) is 0 Å². The number of hydrogen-bond acceptors (Lipinski definition) is 3. The van der Waals surface area contributed by atoms with Crippen molar-refractivity contribution in [1.82, 2.24) is 0 Å². The van der Waals surface area contributed by atoms with Crippen molar-refractivity contribution in [2.75, 3.05) is 0 Å². The molecule has 0 N–H and O–H groups in total. The normalized spacial score (nSPS) is 11.8. The van der Waals surface area contributed by atoms with Crippen LogP contribution in [0.15, 0.2) is 72.8 Å². The van der Waals surface area contributed by atoms with Crippen LogP contribution in [-0.4, -0.2) is 12.3 Å². The summed E-state index contributed by atoms with van der Waals surface area (Å²) in [6, 6.07) is 23.6. The molecule has 0 bridgehead atoms. The van der Waals surface area contributed by atoms with E-state index in [9.17, 15) is 9.59 Å². The van der Waals surface area contributed by atoms with Crippen LogP contribution in [0.1, 0.15) is 17.5 Å². The molecule has 1 unspecified atom stereocenters. The van der Waals surface area contributed by atoms with E-state index in [1.165, 1.54) is 0 Å². The molecule has 1 atom stereocenters. The Morgan fingerprint density at radius 1 is 0.920 bits per heavy atom. The van der Waals surface area contributed by atoms with Crippen LogP contribution in [0.2, 0.25) is 0 Å². The Balaban J connectivity index is 1.62. The Morgan fingerprint density at radius 2 is 1.64 bits per heavy atom. The lowest BCUT2D eigenvalue weighted by molar-refractivity contribution is -0.146. The molecule has 0 saturated carbocycles. The highest BCUT2D eigenvalue weighted by Crippen LogP contribution is 2.22. The lowest BCUT2D eigenvalue weighted by Gasteiger charge is -2.12. The van der Waals surface area contributed by atoms with Crippen LogP contribution >= 0.6 is 0 Å². The molecule has 3 heteroatoms. The van der Waals surface area contributed by atoms with Crippen LogP contribution in [0.25, 0.3) is 10.8 Å². The highest BCUT2D eigenvalue weighted by atomic mass is 16.5. The van der Waals surface area contributed by atoms with E-state index < -0.39 is 0 Å². The minimum absolute atomic E-state index is 0.0968. The molecule has 25 heavy (non-hydrogen) atoms. The maximum absolute atomic E-state index is 12.1. The molecule has 0 spiro atoms. The number of rotatable bonds is 7. The van der Waals surface area contributed by atoms with Crippen LogP contribution in [0.4, 0.5) is 0 Å². The number of fused-ring (bicyclic) bond motifs is 1. The molecule has 0 aromatic heterocycles. The smallest absolute Gasteiger partial charge is 0.306 e. The van der Waals surface area contributed by atoms with Gasteiger partial charge in [0.1, 0.15) is 12.9 Å². The Labute approximate surface area is 147 Å². The maximum atomic E-state index is 12.1. The summed E-state index contributed by atoms with van der Waals surface area (Å²) in [6.07, 6.45) is 1.48. The van der Waals surface area contributed by atoms with Gasteiger partial charge in [0.25, 0.3) is 0 Å². The molecule has 0 heterocycles. The molecule has 0 fully saturated rings. The third kappa shape index (κ3) is 4.54. The number of benzene rings is 3. The fourth-order valence-corrected chi connectivity index (χ4v) is 2.93. The summed E-state index contributed by atoms with van der Waals surface area (Å²) in [5.41, 5.74) is 2.01. The Bertz CT molecular complexity index is 850. The van der Waals surface area contributed by atoms with Gasteiger partial charge in [0.2, 0.25) is 0 Å². The Hall–Kier alpha value is -2.94. The molecule has 3 aromatic rings. The first kappa shape index (κ1) is 16.9. The van der Waals surface area contributed by atoms with Gasteiger partial charge in [-0.05, 0) is 28.3 Å². The average Bonchev–Trinajstić information content (AvgIpc) is 2.67. The second kappa shape index (κ2) is 8.25. The van der Waals surface area contributed by atoms with E-state index in [-0.39, 0.29) is 24.9 Å². The maximum Gasteiger partial charge on any atom is 0.306 e. The van der Waals surface area contributed by atoms with Gasteiger partial charge in [-0.3, -0.25) is 4.79 Å². The summed E-state index contributed by atoms with van der Waals surface area (Å²) in [5.74, 6) is -0.727. The molecule has 0 aliphatic carbocycles. The second-order valence-electron chi connectivity index (χ2n) is 6.09. The largest absolute Gasteiger partial charge is 0.461 e. The first-order valence-corrected chi connectivity index (χ1v) is 8.38. The minimum atomic E-state index is -0.380. The monoisotopic (exact) mass is 332 g/mol. The molecule has 3 nitrogen and oxygen atoms in total. The third-order valence-electron chi connectivity index (χ3n) is 4.23. The topological polar surface area (TPSA) is 43.4 Å². The highest BCUT2D eigenvalue weighted by molar-refractivity contribution is 5.86. The highest BCUT2D eigenvalue weighted by Gasteiger charge is 2.16. The zero-order chi connectivity index (χ0) is 17.5. The summed E-state index contributed by atoms with van der Waals surface area (Å²) >= 11 is 0. The van der Waals surface area contributed by atoms with E-state index in [4.69, 9.17) is 4.74 Å². The van der Waals surface area contributed by atoms with Crippen LogP contribution < -0.4 is 0 Å². The van der Waals surface area contributed by atoms with Gasteiger partial charge in [0.05, 0.1) is 6.42 Å². The van der Waals surface area contributed by atoms with Crippen molar-refractivity contribution >= 4 is 23.0 Å². The first-order valence-electron chi connectivity index (χ1n) is 8.38. The SMILES string of the molecule is O=CC(CC(=O)OCc1ccccc1)Cc1cccc2ccccc12. The van der Waals surface area contributed by atoms with Gasteiger partial charge in [-0.25, -0.2) is 0 Å². The number of carbonyl (C=O) groups excluding carboxylic acids is 2. The molecule has 3 aromatic carbocycles. The summed E-state index contributed by atoms with van der Waals surface area (Å²) in [5, 5.41) is 2.26. The van der Waals surface area contributed by atoms with Gasteiger partial charge in [-0.2, -0.15) is 0 Å². The summed E-state index contributed by atoms with van der Waals surface area (Å²) in [6.45, 7) is 0.236. The van der Waals surface area contributed by atoms with E-state index in [2.05, 4.69) is 0 Å². The van der Waals surface area contributed by atoms with Crippen molar-refractivity contribution < 1.29 is 14.3 Å². The molecule has 0 aliphatic rings. The van der Waals surface area contributed by atoms with E-state index in [0.717, 1.165) is 28.2 Å². The van der Waals surface area contributed by atoms with Gasteiger partial charge in [0.15, 0.2) is 0 Å². The van der Waals surface area contributed by atoms with Crippen molar-refractivity contribution in [3.8, 4) is 0 Å². The molecule has 0 amide bonds. The van der Waals surface area contributed by atoms with Gasteiger partial charge < -0.3 is 9.53 Å². The molecule has 126 valence electrons. The number of aldehydes is 1. The van der Waals surface area contributed by atoms with Gasteiger partial charge in [-0.15, -0.1) is 0 Å². The number of carbonyl (C=O) groups is 2. The van der Waals surface area contributed by atoms with E-state index in [1.807, 2.05) is 72.8 Å². The van der Waals surface area contributed by atoms with Crippen LogP contribution in [0.3, 0.4) is 0 Å². The van der Waals surface area contributed by atoms with E-state index in [1.54, 1.807) is 0 Å². The van der Waals surface area contributed by atoms with Crippen molar-refractivity contribution in [3.63, 3.8) is 0 Å². The molecule has 3 rings (SSSR count). The fraction of sp³-hybridized carbons (Fsp3) is 0.182. The van der Waals surface area contributed by atoms with Crippen LogP contribution in [0.5, 0.6) is 0 Å². The Morgan fingerprint density at radius 3 is 2.44 bits per heavy atom. The Kier molecular flexibility index (Phi) is 5.57. The summed E-state index contributed by atoms with van der Waals surface area (Å²) in [7, 11) is 0. The molecule has 0 radical (unpaired) electrons. The lowest BCUT2D eigenvalue weighted by atomic mass is 9.94. The second-order valence-corrected chi connectivity index (χ2v) is 6.09. The summed E-state index contributed by atoms with van der Waals surface area (Å²) in [4.78, 5) is 23.5. The van der Waals surface area contributed by atoms with Gasteiger partial charge in [-0.1, -0.05) is 72.8 Å². The zero-order valence-electron chi connectivity index (χ0n) is 13.9. The summed E-state index contributed by atoms with van der Waals surface area (Å²) < 4.78 is 5.29. The minimum Gasteiger partial charge on any atom is -0.461 e. The average molecular weight is 332 g/mol. The molecule has 0 saturated heterocycles. The number of hydrogen-bond donors (Lipinski definition) is 0. The standard InChI is InChI=1S/C22H20O3/c23-15-18(14-22(24)25-16-17-7-2-1-3-8-17)13-20-11-6-10-19-9-4-5-12-21(19)20/h1-12,15,18H,13-14,16H2. The van der Waals surface area contributed by atoms with Gasteiger partial charge in [0, 0.05) is 5.92 Å². The lowest BCUT2D eigenvalue weighted by Crippen LogP contribution is -2.15. The van der Waals surface area contributed by atoms with E-state index >= 15 is 0 Å². The number of ether oxygens (including phenoxy) is 1.